The molecule has 1 amide bonds. The normalized spacial score (nSPS) is 11.9. The third kappa shape index (κ3) is 3.89. The molecule has 0 aliphatic carbocycles. The zero-order valence-corrected chi connectivity index (χ0v) is 17.0. The molecule has 0 aliphatic rings. The number of rotatable bonds is 8. The molecule has 2 N–H and O–H groups in total. The quantitative estimate of drug-likeness (QED) is 0.449. The maximum absolute atomic E-state index is 12.9. The first-order chi connectivity index (χ1) is 14.7. The Hall–Kier alpha value is -3.67. The fourth-order valence-corrected chi connectivity index (χ4v) is 3.81. The highest BCUT2D eigenvalue weighted by Gasteiger charge is 2.26. The number of aromatic nitrogens is 1. The van der Waals surface area contributed by atoms with Crippen molar-refractivity contribution in [1.29, 1.82) is 0 Å². The second kappa shape index (κ2) is 8.78. The van der Waals surface area contributed by atoms with Crippen molar-refractivity contribution in [3.8, 4) is 11.5 Å². The van der Waals surface area contributed by atoms with E-state index in [2.05, 4.69) is 16.4 Å². The van der Waals surface area contributed by atoms with Gasteiger partial charge in [-0.1, -0.05) is 30.3 Å². The highest BCUT2D eigenvalue weighted by atomic mass is 16.5. The first-order valence-corrected chi connectivity index (χ1v) is 9.77. The number of aromatic amines is 1. The first kappa shape index (κ1) is 19.6. The van der Waals surface area contributed by atoms with Crippen molar-refractivity contribution in [3.63, 3.8) is 0 Å². The summed E-state index contributed by atoms with van der Waals surface area (Å²) in [5, 5.41) is 4.02. The Morgan fingerprint density at radius 3 is 2.67 bits per heavy atom. The summed E-state index contributed by atoms with van der Waals surface area (Å²) in [5.74, 6) is 1.69. The molecule has 0 saturated carbocycles. The molecule has 2 heterocycles. The van der Waals surface area contributed by atoms with Crippen LogP contribution < -0.4 is 14.8 Å². The second-order valence-corrected chi connectivity index (χ2v) is 6.99. The number of carbonyl (C=O) groups excluding carboxylic acids is 1. The molecule has 30 heavy (non-hydrogen) atoms. The molecular formula is C24H24N2O4. The summed E-state index contributed by atoms with van der Waals surface area (Å²) in [7, 11) is 3.23. The van der Waals surface area contributed by atoms with Crippen LogP contribution in [0.15, 0.2) is 71.5 Å². The largest absolute Gasteiger partial charge is 0.493 e. The summed E-state index contributed by atoms with van der Waals surface area (Å²) in [5.41, 5.74) is 2.95. The number of nitrogens with one attached hydrogen (secondary N) is 2. The summed E-state index contributed by atoms with van der Waals surface area (Å²) in [6.45, 7) is 0.349. The molecule has 1 atom stereocenters. The number of carbonyl (C=O) groups is 1. The number of benzene rings is 2. The van der Waals surface area contributed by atoms with Crippen LogP contribution in [0.1, 0.15) is 29.2 Å². The highest BCUT2D eigenvalue weighted by Crippen LogP contribution is 2.41. The van der Waals surface area contributed by atoms with E-state index in [1.165, 1.54) is 0 Å². The lowest BCUT2D eigenvalue weighted by atomic mass is 9.87. The van der Waals surface area contributed by atoms with Crippen LogP contribution in [-0.4, -0.2) is 25.1 Å². The molecule has 2 aromatic heterocycles. The fourth-order valence-electron chi connectivity index (χ4n) is 3.81. The van der Waals surface area contributed by atoms with E-state index in [0.29, 0.717) is 23.8 Å². The molecule has 0 bridgehead atoms. The topological polar surface area (TPSA) is 76.5 Å². The SMILES string of the molecule is COc1cccc([C@@H](CC(=O)NCc2ccco2)c2c[nH]c3ccccc23)c1OC. The summed E-state index contributed by atoms with van der Waals surface area (Å²) in [4.78, 5) is 16.2. The lowest BCUT2D eigenvalue weighted by Crippen LogP contribution is -2.25. The average molecular weight is 404 g/mol. The predicted molar refractivity (Wildman–Crippen MR) is 115 cm³/mol. The number of methoxy groups -OCH3 is 2. The monoisotopic (exact) mass is 404 g/mol. The van der Waals surface area contributed by atoms with Crippen LogP contribution in [0.25, 0.3) is 10.9 Å². The van der Waals surface area contributed by atoms with Crippen molar-refractivity contribution in [2.75, 3.05) is 14.2 Å². The van der Waals surface area contributed by atoms with Crippen LogP contribution in [0.3, 0.4) is 0 Å². The third-order valence-electron chi connectivity index (χ3n) is 5.23. The molecule has 0 fully saturated rings. The highest BCUT2D eigenvalue weighted by molar-refractivity contribution is 5.86. The number of hydrogen-bond donors (Lipinski definition) is 2. The Bertz CT molecular complexity index is 1130. The average Bonchev–Trinajstić information content (AvgIpc) is 3.45. The molecule has 2 aromatic carbocycles. The van der Waals surface area contributed by atoms with E-state index in [1.54, 1.807) is 26.5 Å². The minimum absolute atomic E-state index is 0.0773. The Morgan fingerprint density at radius 1 is 1.03 bits per heavy atom. The van der Waals surface area contributed by atoms with Gasteiger partial charge in [0.15, 0.2) is 11.5 Å². The van der Waals surface area contributed by atoms with E-state index in [1.807, 2.05) is 48.7 Å². The molecule has 4 rings (SSSR count). The predicted octanol–water partition coefficient (Wildman–Crippen LogP) is 4.62. The van der Waals surface area contributed by atoms with E-state index in [4.69, 9.17) is 13.9 Å². The van der Waals surface area contributed by atoms with E-state index in [9.17, 15) is 4.79 Å². The standard InChI is InChI=1S/C24H24N2O4/c1-28-22-11-5-9-18(24(22)29-2)19(13-23(27)26-14-16-7-6-12-30-16)20-15-25-21-10-4-3-8-17(20)21/h3-12,15,19,25H,13-14H2,1-2H3,(H,26,27)/t19-/m1/s1. The molecule has 0 saturated heterocycles. The van der Waals surface area contributed by atoms with Crippen molar-refractivity contribution in [3.05, 3.63) is 83.9 Å². The van der Waals surface area contributed by atoms with Crippen molar-refractivity contribution in [2.24, 2.45) is 0 Å². The van der Waals surface area contributed by atoms with Gasteiger partial charge >= 0.3 is 0 Å². The third-order valence-corrected chi connectivity index (χ3v) is 5.23. The van der Waals surface area contributed by atoms with Crippen LogP contribution in [0, 0.1) is 0 Å². The zero-order chi connectivity index (χ0) is 20.9. The molecule has 0 spiro atoms. The van der Waals surface area contributed by atoms with Gasteiger partial charge in [-0.3, -0.25) is 4.79 Å². The van der Waals surface area contributed by atoms with E-state index in [0.717, 1.165) is 22.0 Å². The Balaban J connectivity index is 1.71. The van der Waals surface area contributed by atoms with E-state index in [-0.39, 0.29) is 18.2 Å². The maximum Gasteiger partial charge on any atom is 0.221 e. The zero-order valence-electron chi connectivity index (χ0n) is 17.0. The molecule has 6 heteroatoms. The fraction of sp³-hybridized carbons (Fsp3) is 0.208. The maximum atomic E-state index is 12.9. The Labute approximate surface area is 174 Å². The van der Waals surface area contributed by atoms with Gasteiger partial charge in [0, 0.05) is 35.0 Å². The van der Waals surface area contributed by atoms with Crippen LogP contribution in [0.2, 0.25) is 0 Å². The van der Waals surface area contributed by atoms with Gasteiger partial charge in [-0.2, -0.15) is 0 Å². The van der Waals surface area contributed by atoms with Crippen LogP contribution in [-0.2, 0) is 11.3 Å². The van der Waals surface area contributed by atoms with Gasteiger partial charge in [-0.05, 0) is 29.8 Å². The molecule has 0 radical (unpaired) electrons. The van der Waals surface area contributed by atoms with Crippen LogP contribution >= 0.6 is 0 Å². The van der Waals surface area contributed by atoms with Crippen molar-refractivity contribution >= 4 is 16.8 Å². The molecule has 0 unspecified atom stereocenters. The first-order valence-electron chi connectivity index (χ1n) is 9.77. The Morgan fingerprint density at radius 2 is 1.90 bits per heavy atom. The number of hydrogen-bond acceptors (Lipinski definition) is 4. The van der Waals surface area contributed by atoms with Crippen molar-refractivity contribution in [2.45, 2.75) is 18.9 Å². The van der Waals surface area contributed by atoms with Crippen molar-refractivity contribution in [1.82, 2.24) is 10.3 Å². The van der Waals surface area contributed by atoms with Gasteiger partial charge in [-0.25, -0.2) is 0 Å². The lowest BCUT2D eigenvalue weighted by Gasteiger charge is -2.21. The number of ether oxygens (including phenoxy) is 2. The minimum Gasteiger partial charge on any atom is -0.493 e. The van der Waals surface area contributed by atoms with Gasteiger partial charge in [0.05, 0.1) is 27.0 Å². The summed E-state index contributed by atoms with van der Waals surface area (Å²) < 4.78 is 16.5. The van der Waals surface area contributed by atoms with E-state index >= 15 is 0 Å². The van der Waals surface area contributed by atoms with E-state index < -0.39 is 0 Å². The summed E-state index contributed by atoms with van der Waals surface area (Å²) in [6, 6.07) is 17.5. The lowest BCUT2D eigenvalue weighted by molar-refractivity contribution is -0.121. The number of fused-ring (bicyclic) bond motifs is 1. The molecular weight excluding hydrogens is 380 g/mol. The summed E-state index contributed by atoms with van der Waals surface area (Å²) in [6.07, 6.45) is 3.82. The van der Waals surface area contributed by atoms with Gasteiger partial charge < -0.3 is 24.2 Å². The van der Waals surface area contributed by atoms with Gasteiger partial charge in [0.25, 0.3) is 0 Å². The second-order valence-electron chi connectivity index (χ2n) is 6.99. The molecule has 154 valence electrons. The number of H-pyrrole nitrogens is 1. The molecule has 0 aliphatic heterocycles. The van der Waals surface area contributed by atoms with Crippen LogP contribution in [0.4, 0.5) is 0 Å². The Kier molecular flexibility index (Phi) is 5.75. The molecule has 4 aromatic rings. The van der Waals surface area contributed by atoms with Gasteiger partial charge in [-0.15, -0.1) is 0 Å². The minimum atomic E-state index is -0.220. The van der Waals surface area contributed by atoms with Gasteiger partial charge in [0.2, 0.25) is 5.91 Å². The van der Waals surface area contributed by atoms with Gasteiger partial charge in [0.1, 0.15) is 5.76 Å². The number of amides is 1. The smallest absolute Gasteiger partial charge is 0.221 e. The summed E-state index contributed by atoms with van der Waals surface area (Å²) >= 11 is 0. The molecule has 6 nitrogen and oxygen atoms in total. The number of furan rings is 1. The number of para-hydroxylation sites is 2. The van der Waals surface area contributed by atoms with Crippen molar-refractivity contribution < 1.29 is 18.7 Å². The van der Waals surface area contributed by atoms with Crippen LogP contribution in [0.5, 0.6) is 11.5 Å².